The molecule has 0 heterocycles. The molecular formula is C9H18N2O4. The lowest BCUT2D eigenvalue weighted by Crippen LogP contribution is -2.47. The molecule has 6 nitrogen and oxygen atoms in total. The van der Waals surface area contributed by atoms with Crippen LogP contribution in [-0.4, -0.2) is 35.2 Å². The van der Waals surface area contributed by atoms with Crippen LogP contribution in [0, 0.1) is 0 Å². The predicted octanol–water partition coefficient (Wildman–Crippen LogP) is -0.105. The van der Waals surface area contributed by atoms with Gasteiger partial charge in [0.15, 0.2) is 0 Å². The second-order valence-corrected chi connectivity index (χ2v) is 4.15. The Morgan fingerprint density at radius 1 is 1.40 bits per heavy atom. The van der Waals surface area contributed by atoms with Gasteiger partial charge in [-0.3, -0.25) is 9.59 Å². The van der Waals surface area contributed by atoms with E-state index in [1.165, 1.54) is 0 Å². The zero-order chi connectivity index (χ0) is 12.1. The summed E-state index contributed by atoms with van der Waals surface area (Å²) in [5.41, 5.74) is 4.39. The Morgan fingerprint density at radius 3 is 2.33 bits per heavy atom. The molecule has 0 aliphatic carbocycles. The van der Waals surface area contributed by atoms with Crippen molar-refractivity contribution in [2.75, 3.05) is 6.54 Å². The van der Waals surface area contributed by atoms with Gasteiger partial charge in [0.1, 0.15) is 18.2 Å². The van der Waals surface area contributed by atoms with Crippen LogP contribution in [-0.2, 0) is 14.3 Å². The quantitative estimate of drug-likeness (QED) is 0.441. The van der Waals surface area contributed by atoms with Gasteiger partial charge in [0.2, 0.25) is 0 Å². The molecular weight excluding hydrogens is 200 g/mol. The SMILES string of the molecule is CC(NNCC(=O)O)C(=O)OC(C)(C)C. The highest BCUT2D eigenvalue weighted by molar-refractivity contribution is 5.75. The van der Waals surface area contributed by atoms with Crippen molar-refractivity contribution in [3.63, 3.8) is 0 Å². The van der Waals surface area contributed by atoms with Gasteiger partial charge < -0.3 is 9.84 Å². The molecule has 0 aromatic carbocycles. The van der Waals surface area contributed by atoms with Gasteiger partial charge in [0.05, 0.1) is 0 Å². The van der Waals surface area contributed by atoms with Crippen LogP contribution in [0.25, 0.3) is 0 Å². The third kappa shape index (κ3) is 7.90. The molecule has 0 aromatic rings. The molecule has 0 fully saturated rings. The molecule has 0 radical (unpaired) electrons. The first kappa shape index (κ1) is 13.9. The van der Waals surface area contributed by atoms with Crippen LogP contribution in [0.15, 0.2) is 0 Å². The van der Waals surface area contributed by atoms with Crippen LogP contribution >= 0.6 is 0 Å². The number of aliphatic carboxylic acids is 1. The maximum absolute atomic E-state index is 11.4. The van der Waals surface area contributed by atoms with Crippen LogP contribution < -0.4 is 10.9 Å². The Morgan fingerprint density at radius 2 is 1.93 bits per heavy atom. The van der Waals surface area contributed by atoms with Gasteiger partial charge in [-0.25, -0.2) is 10.9 Å². The molecule has 0 amide bonds. The summed E-state index contributed by atoms with van der Waals surface area (Å²) in [6.07, 6.45) is 0. The summed E-state index contributed by atoms with van der Waals surface area (Å²) >= 11 is 0. The fraction of sp³-hybridized carbons (Fsp3) is 0.778. The van der Waals surface area contributed by atoms with Crippen molar-refractivity contribution in [1.29, 1.82) is 0 Å². The number of hydrogen-bond donors (Lipinski definition) is 3. The number of nitrogens with one attached hydrogen (secondary N) is 2. The summed E-state index contributed by atoms with van der Waals surface area (Å²) < 4.78 is 5.07. The number of carbonyl (C=O) groups excluding carboxylic acids is 1. The molecule has 0 aliphatic heterocycles. The van der Waals surface area contributed by atoms with Crippen molar-refractivity contribution in [3.05, 3.63) is 0 Å². The summed E-state index contributed by atoms with van der Waals surface area (Å²) in [5.74, 6) is -1.43. The van der Waals surface area contributed by atoms with Crippen molar-refractivity contribution in [2.45, 2.75) is 39.3 Å². The maximum Gasteiger partial charge on any atom is 0.324 e. The predicted molar refractivity (Wildman–Crippen MR) is 54.1 cm³/mol. The first-order chi connectivity index (χ1) is 6.72. The average molecular weight is 218 g/mol. The highest BCUT2D eigenvalue weighted by Crippen LogP contribution is 2.07. The maximum atomic E-state index is 11.4. The van der Waals surface area contributed by atoms with E-state index in [9.17, 15) is 9.59 Å². The van der Waals surface area contributed by atoms with E-state index in [0.29, 0.717) is 0 Å². The normalized spacial score (nSPS) is 13.3. The monoisotopic (exact) mass is 218 g/mol. The molecule has 0 aliphatic rings. The minimum Gasteiger partial charge on any atom is -0.480 e. The molecule has 15 heavy (non-hydrogen) atoms. The smallest absolute Gasteiger partial charge is 0.324 e. The second-order valence-electron chi connectivity index (χ2n) is 4.15. The summed E-state index contributed by atoms with van der Waals surface area (Å²) in [6, 6.07) is -0.594. The van der Waals surface area contributed by atoms with Gasteiger partial charge in [-0.05, 0) is 27.7 Å². The summed E-state index contributed by atoms with van der Waals surface area (Å²) in [4.78, 5) is 21.5. The van der Waals surface area contributed by atoms with Crippen LogP contribution in [0.1, 0.15) is 27.7 Å². The average Bonchev–Trinajstić information content (AvgIpc) is 1.99. The van der Waals surface area contributed by atoms with Gasteiger partial charge in [-0.1, -0.05) is 0 Å². The summed E-state index contributed by atoms with van der Waals surface area (Å²) in [6.45, 7) is 6.63. The third-order valence-electron chi connectivity index (χ3n) is 1.32. The number of carboxylic acids is 1. The van der Waals surface area contributed by atoms with E-state index < -0.39 is 23.6 Å². The van der Waals surface area contributed by atoms with E-state index >= 15 is 0 Å². The molecule has 0 bridgehead atoms. The number of carboxylic acid groups (broad SMARTS) is 1. The Balaban J connectivity index is 3.85. The third-order valence-corrected chi connectivity index (χ3v) is 1.32. The topological polar surface area (TPSA) is 87.7 Å². The Hall–Kier alpha value is -1.14. The number of hydrogen-bond acceptors (Lipinski definition) is 5. The number of rotatable bonds is 5. The largest absolute Gasteiger partial charge is 0.480 e. The first-order valence-electron chi connectivity index (χ1n) is 4.65. The van der Waals surface area contributed by atoms with Crippen molar-refractivity contribution < 1.29 is 19.4 Å². The molecule has 6 heteroatoms. The number of esters is 1. The molecule has 88 valence electrons. The van der Waals surface area contributed by atoms with Gasteiger partial charge >= 0.3 is 11.9 Å². The molecule has 0 spiro atoms. The zero-order valence-corrected chi connectivity index (χ0v) is 9.46. The summed E-state index contributed by atoms with van der Waals surface area (Å²) in [5, 5.41) is 8.33. The van der Waals surface area contributed by atoms with E-state index in [-0.39, 0.29) is 6.54 Å². The fourth-order valence-electron chi connectivity index (χ4n) is 0.729. The van der Waals surface area contributed by atoms with Crippen molar-refractivity contribution in [2.24, 2.45) is 0 Å². The molecule has 1 unspecified atom stereocenters. The molecule has 0 saturated carbocycles. The molecule has 3 N–H and O–H groups in total. The lowest BCUT2D eigenvalue weighted by Gasteiger charge is -2.22. The van der Waals surface area contributed by atoms with Crippen molar-refractivity contribution in [3.8, 4) is 0 Å². The molecule has 1 atom stereocenters. The second kappa shape index (κ2) is 5.67. The highest BCUT2D eigenvalue weighted by atomic mass is 16.6. The van der Waals surface area contributed by atoms with Crippen LogP contribution in [0.5, 0.6) is 0 Å². The minimum atomic E-state index is -1.00. The van der Waals surface area contributed by atoms with Crippen LogP contribution in [0.2, 0.25) is 0 Å². The highest BCUT2D eigenvalue weighted by Gasteiger charge is 2.21. The van der Waals surface area contributed by atoms with Crippen molar-refractivity contribution >= 4 is 11.9 Å². The van der Waals surface area contributed by atoms with E-state index in [4.69, 9.17) is 9.84 Å². The van der Waals surface area contributed by atoms with Crippen LogP contribution in [0.4, 0.5) is 0 Å². The van der Waals surface area contributed by atoms with E-state index in [2.05, 4.69) is 10.9 Å². The van der Waals surface area contributed by atoms with Gasteiger partial charge in [-0.15, -0.1) is 0 Å². The lowest BCUT2D eigenvalue weighted by atomic mass is 10.2. The molecule has 0 rings (SSSR count). The standard InChI is InChI=1S/C9H18N2O4/c1-6(11-10-5-7(12)13)8(14)15-9(2,3)4/h6,10-11H,5H2,1-4H3,(H,12,13). The van der Waals surface area contributed by atoms with E-state index in [1.807, 2.05) is 0 Å². The number of ether oxygens (including phenoxy) is 1. The van der Waals surface area contributed by atoms with Gasteiger partial charge in [0, 0.05) is 0 Å². The lowest BCUT2D eigenvalue weighted by molar-refractivity contribution is -0.157. The fourth-order valence-corrected chi connectivity index (χ4v) is 0.729. The minimum absolute atomic E-state index is 0.257. The van der Waals surface area contributed by atoms with E-state index in [0.717, 1.165) is 0 Å². The Bertz CT molecular complexity index is 235. The Labute approximate surface area is 89.0 Å². The Kier molecular flexibility index (Phi) is 5.24. The number of hydrazine groups is 1. The molecule has 0 aromatic heterocycles. The first-order valence-corrected chi connectivity index (χ1v) is 4.65. The van der Waals surface area contributed by atoms with Crippen LogP contribution in [0.3, 0.4) is 0 Å². The van der Waals surface area contributed by atoms with Gasteiger partial charge in [-0.2, -0.15) is 0 Å². The van der Waals surface area contributed by atoms with Crippen molar-refractivity contribution in [1.82, 2.24) is 10.9 Å². The summed E-state index contributed by atoms with van der Waals surface area (Å²) in [7, 11) is 0. The number of carbonyl (C=O) groups is 2. The van der Waals surface area contributed by atoms with Gasteiger partial charge in [0.25, 0.3) is 0 Å². The van der Waals surface area contributed by atoms with E-state index in [1.54, 1.807) is 27.7 Å². The molecule has 0 saturated heterocycles. The zero-order valence-electron chi connectivity index (χ0n) is 9.46.